The number of benzene rings is 1. The van der Waals surface area contributed by atoms with Gasteiger partial charge in [-0.2, -0.15) is 0 Å². The standard InChI is InChI=1S/C15H20O3/c1-3-5-6-12-10-18-14-8-7-11(9-13(12)14)15(16)17-4-2/h7-9,12H,3-6,10H2,1-2H3/t12-/m1/s1. The Morgan fingerprint density at radius 1 is 1.44 bits per heavy atom. The van der Waals surface area contributed by atoms with Crippen molar-refractivity contribution in [2.75, 3.05) is 13.2 Å². The first-order valence-corrected chi connectivity index (χ1v) is 6.70. The first-order valence-electron chi connectivity index (χ1n) is 6.70. The Balaban J connectivity index is 2.17. The van der Waals surface area contributed by atoms with E-state index < -0.39 is 0 Å². The molecule has 3 heteroatoms. The molecule has 18 heavy (non-hydrogen) atoms. The molecule has 98 valence electrons. The molecule has 1 heterocycles. The Morgan fingerprint density at radius 3 is 3.00 bits per heavy atom. The molecule has 2 rings (SSSR count). The summed E-state index contributed by atoms with van der Waals surface area (Å²) in [6, 6.07) is 5.59. The van der Waals surface area contributed by atoms with Crippen LogP contribution in [0, 0.1) is 0 Å². The maximum Gasteiger partial charge on any atom is 0.338 e. The molecule has 0 spiro atoms. The van der Waals surface area contributed by atoms with Crippen LogP contribution in [-0.4, -0.2) is 19.2 Å². The van der Waals surface area contributed by atoms with Gasteiger partial charge in [0.25, 0.3) is 0 Å². The van der Waals surface area contributed by atoms with Crippen molar-refractivity contribution in [3.05, 3.63) is 29.3 Å². The molecule has 3 nitrogen and oxygen atoms in total. The van der Waals surface area contributed by atoms with E-state index in [1.165, 1.54) is 12.8 Å². The zero-order valence-electron chi connectivity index (χ0n) is 11.1. The highest BCUT2D eigenvalue weighted by Gasteiger charge is 2.24. The highest BCUT2D eigenvalue weighted by Crippen LogP contribution is 2.37. The lowest BCUT2D eigenvalue weighted by atomic mass is 9.94. The van der Waals surface area contributed by atoms with Crippen LogP contribution in [0.15, 0.2) is 18.2 Å². The molecule has 0 radical (unpaired) electrons. The topological polar surface area (TPSA) is 35.5 Å². The minimum absolute atomic E-state index is 0.249. The largest absolute Gasteiger partial charge is 0.493 e. The van der Waals surface area contributed by atoms with E-state index in [1.807, 2.05) is 19.1 Å². The second-order valence-corrected chi connectivity index (χ2v) is 4.62. The molecular weight excluding hydrogens is 228 g/mol. The zero-order valence-corrected chi connectivity index (χ0v) is 11.1. The Morgan fingerprint density at radius 2 is 2.28 bits per heavy atom. The maximum atomic E-state index is 11.7. The molecule has 0 unspecified atom stereocenters. The first kappa shape index (κ1) is 12.9. The van der Waals surface area contributed by atoms with Gasteiger partial charge in [-0.25, -0.2) is 4.79 Å². The summed E-state index contributed by atoms with van der Waals surface area (Å²) < 4.78 is 10.7. The van der Waals surface area contributed by atoms with E-state index in [-0.39, 0.29) is 5.97 Å². The summed E-state index contributed by atoms with van der Waals surface area (Å²) in [5.41, 5.74) is 1.79. The van der Waals surface area contributed by atoms with E-state index in [0.29, 0.717) is 18.1 Å². The highest BCUT2D eigenvalue weighted by molar-refractivity contribution is 5.90. The predicted molar refractivity (Wildman–Crippen MR) is 70.2 cm³/mol. The Labute approximate surface area is 108 Å². The van der Waals surface area contributed by atoms with E-state index in [2.05, 4.69) is 6.92 Å². The summed E-state index contributed by atoms with van der Waals surface area (Å²) in [6.45, 7) is 5.15. The van der Waals surface area contributed by atoms with Gasteiger partial charge in [0.2, 0.25) is 0 Å². The van der Waals surface area contributed by atoms with Crippen LogP contribution in [0.1, 0.15) is 54.9 Å². The molecule has 1 aliphatic rings. The minimum atomic E-state index is -0.249. The molecule has 0 fully saturated rings. The number of unbranched alkanes of at least 4 members (excludes halogenated alkanes) is 1. The summed E-state index contributed by atoms with van der Waals surface area (Å²) in [5.74, 6) is 1.10. The fourth-order valence-corrected chi connectivity index (χ4v) is 2.31. The van der Waals surface area contributed by atoms with Crippen molar-refractivity contribution >= 4 is 5.97 Å². The van der Waals surface area contributed by atoms with Gasteiger partial charge >= 0.3 is 5.97 Å². The molecule has 0 aliphatic carbocycles. The van der Waals surface area contributed by atoms with Crippen LogP contribution in [0.4, 0.5) is 0 Å². The number of fused-ring (bicyclic) bond motifs is 1. The first-order chi connectivity index (χ1) is 8.76. The molecule has 1 aliphatic heterocycles. The van der Waals surface area contributed by atoms with Crippen molar-refractivity contribution < 1.29 is 14.3 Å². The predicted octanol–water partition coefficient (Wildman–Crippen LogP) is 3.53. The summed E-state index contributed by atoms with van der Waals surface area (Å²) in [6.07, 6.45) is 3.50. The number of hydrogen-bond donors (Lipinski definition) is 0. The summed E-state index contributed by atoms with van der Waals surface area (Å²) in [5, 5.41) is 0. The number of rotatable bonds is 5. The fourth-order valence-electron chi connectivity index (χ4n) is 2.31. The number of hydrogen-bond acceptors (Lipinski definition) is 3. The molecule has 1 aromatic carbocycles. The van der Waals surface area contributed by atoms with Crippen LogP contribution >= 0.6 is 0 Å². The van der Waals surface area contributed by atoms with Gasteiger partial charge < -0.3 is 9.47 Å². The molecule has 0 saturated carbocycles. The summed E-state index contributed by atoms with van der Waals surface area (Å²) in [4.78, 5) is 11.7. The van der Waals surface area contributed by atoms with Crippen LogP contribution in [0.3, 0.4) is 0 Å². The van der Waals surface area contributed by atoms with Crippen molar-refractivity contribution in [1.82, 2.24) is 0 Å². The van der Waals surface area contributed by atoms with Gasteiger partial charge in [0, 0.05) is 11.5 Å². The average molecular weight is 248 g/mol. The van der Waals surface area contributed by atoms with Gasteiger partial charge in [0.05, 0.1) is 18.8 Å². The second-order valence-electron chi connectivity index (χ2n) is 4.62. The number of carbonyl (C=O) groups excluding carboxylic acids is 1. The number of ether oxygens (including phenoxy) is 2. The molecule has 0 N–H and O–H groups in total. The smallest absolute Gasteiger partial charge is 0.338 e. The van der Waals surface area contributed by atoms with Gasteiger partial charge in [0.1, 0.15) is 5.75 Å². The van der Waals surface area contributed by atoms with Gasteiger partial charge in [-0.3, -0.25) is 0 Å². The molecule has 1 aromatic rings. The second kappa shape index (κ2) is 5.89. The molecule has 0 amide bonds. The minimum Gasteiger partial charge on any atom is -0.493 e. The molecular formula is C15H20O3. The number of esters is 1. The quantitative estimate of drug-likeness (QED) is 0.748. The van der Waals surface area contributed by atoms with Gasteiger partial charge in [0.15, 0.2) is 0 Å². The molecule has 0 aromatic heterocycles. The fraction of sp³-hybridized carbons (Fsp3) is 0.533. The highest BCUT2D eigenvalue weighted by atomic mass is 16.5. The lowest BCUT2D eigenvalue weighted by Gasteiger charge is -2.08. The summed E-state index contributed by atoms with van der Waals surface area (Å²) in [7, 11) is 0. The Bertz CT molecular complexity index is 426. The maximum absolute atomic E-state index is 11.7. The van der Waals surface area contributed by atoms with Crippen LogP contribution in [-0.2, 0) is 4.74 Å². The van der Waals surface area contributed by atoms with Gasteiger partial charge in [-0.05, 0) is 31.5 Å². The zero-order chi connectivity index (χ0) is 13.0. The van der Waals surface area contributed by atoms with E-state index in [9.17, 15) is 4.79 Å². The third kappa shape index (κ3) is 2.66. The van der Waals surface area contributed by atoms with E-state index >= 15 is 0 Å². The van der Waals surface area contributed by atoms with Gasteiger partial charge in [-0.15, -0.1) is 0 Å². The number of carbonyl (C=O) groups is 1. The summed E-state index contributed by atoms with van der Waals surface area (Å²) >= 11 is 0. The van der Waals surface area contributed by atoms with Gasteiger partial charge in [-0.1, -0.05) is 19.8 Å². The molecule has 1 atom stereocenters. The third-order valence-electron chi connectivity index (χ3n) is 3.31. The van der Waals surface area contributed by atoms with Crippen molar-refractivity contribution in [2.24, 2.45) is 0 Å². The normalized spacial score (nSPS) is 17.1. The van der Waals surface area contributed by atoms with E-state index in [0.717, 1.165) is 24.3 Å². The SMILES string of the molecule is CCCC[C@@H]1COc2ccc(C(=O)OCC)cc21. The van der Waals surface area contributed by atoms with Crippen molar-refractivity contribution in [3.8, 4) is 5.75 Å². The molecule has 0 bridgehead atoms. The van der Waals surface area contributed by atoms with Crippen LogP contribution in [0.5, 0.6) is 5.75 Å². The van der Waals surface area contributed by atoms with Crippen LogP contribution in [0.25, 0.3) is 0 Å². The Hall–Kier alpha value is -1.51. The van der Waals surface area contributed by atoms with Crippen molar-refractivity contribution in [3.63, 3.8) is 0 Å². The third-order valence-corrected chi connectivity index (χ3v) is 3.31. The Kier molecular flexibility index (Phi) is 4.24. The van der Waals surface area contributed by atoms with Crippen LogP contribution < -0.4 is 4.74 Å². The monoisotopic (exact) mass is 248 g/mol. The van der Waals surface area contributed by atoms with Crippen LogP contribution in [0.2, 0.25) is 0 Å². The molecule has 0 saturated heterocycles. The lowest BCUT2D eigenvalue weighted by molar-refractivity contribution is 0.0526. The average Bonchev–Trinajstić information content (AvgIpc) is 2.79. The lowest BCUT2D eigenvalue weighted by Crippen LogP contribution is -2.05. The van der Waals surface area contributed by atoms with E-state index in [4.69, 9.17) is 9.47 Å². The van der Waals surface area contributed by atoms with E-state index in [1.54, 1.807) is 6.07 Å². The van der Waals surface area contributed by atoms with Crippen molar-refractivity contribution in [2.45, 2.75) is 39.0 Å². The van der Waals surface area contributed by atoms with Crippen molar-refractivity contribution in [1.29, 1.82) is 0 Å².